The number of aliphatic hydroxyl groups is 1. The molecule has 1 aliphatic heterocycles. The van der Waals surface area contributed by atoms with Crippen molar-refractivity contribution in [3.8, 4) is 5.75 Å². The molecule has 0 bridgehead atoms. The molecule has 2 aliphatic carbocycles. The molecule has 0 aromatic heterocycles. The molecule has 2 N–H and O–H groups in total. The third kappa shape index (κ3) is 3.43. The van der Waals surface area contributed by atoms with Crippen LogP contribution >= 0.6 is 0 Å². The molecule has 6 atom stereocenters. The molecule has 3 aliphatic rings. The number of esters is 1. The lowest BCUT2D eigenvalue weighted by molar-refractivity contribution is -0.174. The summed E-state index contributed by atoms with van der Waals surface area (Å²) in [4.78, 5) is 24.5. The Morgan fingerprint density at radius 2 is 1.97 bits per heavy atom. The summed E-state index contributed by atoms with van der Waals surface area (Å²) in [6.07, 6.45) is 2.65. The lowest BCUT2D eigenvalue weighted by Crippen LogP contribution is -2.59. The number of benzene rings is 1. The minimum absolute atomic E-state index is 0.0162. The normalized spacial score (nSPS) is 37.5. The second-order valence-electron chi connectivity index (χ2n) is 9.42. The van der Waals surface area contributed by atoms with Crippen LogP contribution in [0.1, 0.15) is 46.0 Å². The molecular weight excluding hydrogens is 386 g/mol. The van der Waals surface area contributed by atoms with Crippen LogP contribution in [0.3, 0.4) is 0 Å². The first-order valence-corrected chi connectivity index (χ1v) is 10.7. The van der Waals surface area contributed by atoms with Crippen molar-refractivity contribution < 1.29 is 28.9 Å². The maximum atomic E-state index is 12.6. The van der Waals surface area contributed by atoms with Gasteiger partial charge in [0.25, 0.3) is 0 Å². The number of hydrogen-bond donors (Lipinski definition) is 2. The van der Waals surface area contributed by atoms with Gasteiger partial charge in [0.2, 0.25) is 0 Å². The minimum Gasteiger partial charge on any atom is -0.497 e. The highest BCUT2D eigenvalue weighted by Crippen LogP contribution is 2.62. The molecule has 1 aromatic carbocycles. The molecule has 7 nitrogen and oxygen atoms in total. The molecule has 1 amide bonds. The summed E-state index contributed by atoms with van der Waals surface area (Å²) in [6, 6.07) is 7.04. The standard InChI is InChI=1S/C23H31NO6/c1-22-11-10-19(30-21(27)24-14-4-6-15(28-3)7-5-14)23(2,13-25)18(22)9-8-17-16(22)12-20(26)29-17/h4-7,16-19,25H,8-13H2,1-3H3,(H,24,27)/t16-,17+,18-,19-,22+,23+/m1/s1. The fourth-order valence-electron chi connectivity index (χ4n) is 6.24. The zero-order valence-electron chi connectivity index (χ0n) is 17.8. The van der Waals surface area contributed by atoms with Gasteiger partial charge in [-0.1, -0.05) is 13.8 Å². The highest BCUT2D eigenvalue weighted by Gasteiger charge is 2.62. The van der Waals surface area contributed by atoms with Gasteiger partial charge in [0, 0.05) is 17.0 Å². The Balaban J connectivity index is 1.48. The zero-order chi connectivity index (χ0) is 21.5. The monoisotopic (exact) mass is 417 g/mol. The number of amides is 1. The van der Waals surface area contributed by atoms with E-state index in [1.54, 1.807) is 31.4 Å². The van der Waals surface area contributed by atoms with Crippen LogP contribution < -0.4 is 10.1 Å². The van der Waals surface area contributed by atoms with Gasteiger partial charge in [-0.25, -0.2) is 4.79 Å². The fourth-order valence-corrected chi connectivity index (χ4v) is 6.24. The molecule has 3 fully saturated rings. The van der Waals surface area contributed by atoms with Gasteiger partial charge in [-0.2, -0.15) is 0 Å². The van der Waals surface area contributed by atoms with Crippen molar-refractivity contribution in [2.45, 2.75) is 58.2 Å². The topological polar surface area (TPSA) is 94.1 Å². The van der Waals surface area contributed by atoms with Gasteiger partial charge >= 0.3 is 12.1 Å². The maximum Gasteiger partial charge on any atom is 0.411 e. The Labute approximate surface area is 177 Å². The molecule has 2 saturated carbocycles. The smallest absolute Gasteiger partial charge is 0.411 e. The molecule has 0 spiro atoms. The SMILES string of the molecule is COc1ccc(NC(=O)O[C@@H]2CC[C@]3(C)[C@@H](CC[C@@H]4OC(=O)C[C@H]43)[C@]2(C)CO)cc1. The average Bonchev–Trinajstić information content (AvgIpc) is 3.12. The molecular formula is C23H31NO6. The molecule has 164 valence electrons. The molecule has 7 heteroatoms. The Morgan fingerprint density at radius 1 is 1.23 bits per heavy atom. The first kappa shape index (κ1) is 21.0. The molecule has 1 aromatic rings. The average molecular weight is 418 g/mol. The summed E-state index contributed by atoms with van der Waals surface area (Å²) in [6.45, 7) is 4.16. The van der Waals surface area contributed by atoms with E-state index >= 15 is 0 Å². The van der Waals surface area contributed by atoms with Crippen LogP contribution in [0, 0.1) is 22.7 Å². The molecule has 1 saturated heterocycles. The lowest BCUT2D eigenvalue weighted by Gasteiger charge is -2.59. The van der Waals surface area contributed by atoms with Crippen LogP contribution in [0.25, 0.3) is 0 Å². The molecule has 4 rings (SSSR count). The number of rotatable bonds is 4. The van der Waals surface area contributed by atoms with Crippen molar-refractivity contribution in [2.24, 2.45) is 22.7 Å². The number of anilines is 1. The van der Waals surface area contributed by atoms with Gasteiger partial charge in [-0.15, -0.1) is 0 Å². The van der Waals surface area contributed by atoms with E-state index in [-0.39, 0.29) is 35.9 Å². The van der Waals surface area contributed by atoms with Crippen LogP contribution in [0.2, 0.25) is 0 Å². The summed E-state index contributed by atoms with van der Waals surface area (Å²) in [7, 11) is 1.59. The highest BCUT2D eigenvalue weighted by atomic mass is 16.6. The third-order valence-corrected chi connectivity index (χ3v) is 7.90. The number of hydrogen-bond acceptors (Lipinski definition) is 6. The molecule has 0 radical (unpaired) electrons. The largest absolute Gasteiger partial charge is 0.497 e. The van der Waals surface area contributed by atoms with E-state index in [9.17, 15) is 14.7 Å². The first-order chi connectivity index (χ1) is 14.3. The Bertz CT molecular complexity index is 810. The maximum absolute atomic E-state index is 12.6. The predicted molar refractivity (Wildman–Crippen MR) is 110 cm³/mol. The van der Waals surface area contributed by atoms with Gasteiger partial charge < -0.3 is 19.3 Å². The van der Waals surface area contributed by atoms with Crippen molar-refractivity contribution >= 4 is 17.7 Å². The van der Waals surface area contributed by atoms with Crippen molar-refractivity contribution in [1.82, 2.24) is 0 Å². The number of fused-ring (bicyclic) bond motifs is 3. The van der Waals surface area contributed by atoms with Gasteiger partial charge in [-0.05, 0) is 61.3 Å². The summed E-state index contributed by atoms with van der Waals surface area (Å²) in [5, 5.41) is 13.2. The van der Waals surface area contributed by atoms with Gasteiger partial charge in [-0.3, -0.25) is 10.1 Å². The number of aliphatic hydroxyl groups excluding tert-OH is 1. The second kappa shape index (κ2) is 7.76. The van der Waals surface area contributed by atoms with Crippen molar-refractivity contribution in [2.75, 3.05) is 19.0 Å². The highest BCUT2D eigenvalue weighted by molar-refractivity contribution is 5.84. The fraction of sp³-hybridized carbons (Fsp3) is 0.652. The lowest BCUT2D eigenvalue weighted by atomic mass is 9.46. The Morgan fingerprint density at radius 3 is 2.63 bits per heavy atom. The van der Waals surface area contributed by atoms with E-state index in [2.05, 4.69) is 12.2 Å². The van der Waals surface area contributed by atoms with Gasteiger partial charge in [0.05, 0.1) is 20.1 Å². The first-order valence-electron chi connectivity index (χ1n) is 10.7. The summed E-state index contributed by atoms with van der Waals surface area (Å²) in [5.41, 5.74) is -0.0611. The predicted octanol–water partition coefficient (Wildman–Crippen LogP) is 3.75. The van der Waals surface area contributed by atoms with E-state index in [0.717, 1.165) is 19.3 Å². The summed E-state index contributed by atoms with van der Waals surface area (Å²) >= 11 is 0. The molecule has 1 heterocycles. The van der Waals surface area contributed by atoms with E-state index in [4.69, 9.17) is 14.2 Å². The second-order valence-corrected chi connectivity index (χ2v) is 9.42. The van der Waals surface area contributed by atoms with Crippen LogP contribution in [0.5, 0.6) is 5.75 Å². The quantitative estimate of drug-likeness (QED) is 0.725. The minimum atomic E-state index is -0.569. The molecule has 30 heavy (non-hydrogen) atoms. The summed E-state index contributed by atoms with van der Waals surface area (Å²) < 4.78 is 16.5. The third-order valence-electron chi connectivity index (χ3n) is 7.90. The number of methoxy groups -OCH3 is 1. The number of nitrogens with one attached hydrogen (secondary N) is 1. The van der Waals surface area contributed by atoms with Crippen molar-refractivity contribution in [3.05, 3.63) is 24.3 Å². The van der Waals surface area contributed by atoms with Gasteiger partial charge in [0.1, 0.15) is 18.0 Å². The van der Waals surface area contributed by atoms with Crippen molar-refractivity contribution in [3.63, 3.8) is 0 Å². The van der Waals surface area contributed by atoms with E-state index in [1.165, 1.54) is 0 Å². The van der Waals surface area contributed by atoms with Crippen LogP contribution in [0.15, 0.2) is 24.3 Å². The van der Waals surface area contributed by atoms with E-state index in [0.29, 0.717) is 24.3 Å². The van der Waals surface area contributed by atoms with Crippen molar-refractivity contribution in [1.29, 1.82) is 0 Å². The van der Waals surface area contributed by atoms with Crippen LogP contribution in [-0.2, 0) is 14.3 Å². The van der Waals surface area contributed by atoms with Crippen LogP contribution in [0.4, 0.5) is 10.5 Å². The number of carbonyl (C=O) groups is 2. The Hall–Kier alpha value is -2.28. The van der Waals surface area contributed by atoms with Crippen LogP contribution in [-0.4, -0.2) is 43.1 Å². The van der Waals surface area contributed by atoms with Gasteiger partial charge in [0.15, 0.2) is 0 Å². The molecule has 0 unspecified atom stereocenters. The van der Waals surface area contributed by atoms with E-state index < -0.39 is 17.6 Å². The zero-order valence-corrected chi connectivity index (χ0v) is 17.8. The Kier molecular flexibility index (Phi) is 5.43. The number of carbonyl (C=O) groups excluding carboxylic acids is 2. The number of ether oxygens (including phenoxy) is 3. The van der Waals surface area contributed by atoms with E-state index in [1.807, 2.05) is 6.92 Å². The summed E-state index contributed by atoms with van der Waals surface area (Å²) in [5.74, 6) is 0.912.